The number of nitrogens with zero attached hydrogens (tertiary/aromatic N) is 3. The summed E-state index contributed by atoms with van der Waals surface area (Å²) in [5.41, 5.74) is 2.88. The Hall–Kier alpha value is -1.10. The molecule has 4 nitrogen and oxygen atoms in total. The van der Waals surface area contributed by atoms with Crippen LogP contribution in [-0.4, -0.2) is 75.8 Å². The molecule has 0 aromatic heterocycles. The third-order valence-corrected chi connectivity index (χ3v) is 4.71. The lowest BCUT2D eigenvalue weighted by Gasteiger charge is -2.34. The van der Waals surface area contributed by atoms with Crippen LogP contribution in [0.2, 0.25) is 0 Å². The largest absolute Gasteiger partial charge is 0.369 e. The fourth-order valence-corrected chi connectivity index (χ4v) is 3.20. The summed E-state index contributed by atoms with van der Waals surface area (Å²) in [5.74, 6) is 0. The van der Waals surface area contributed by atoms with Crippen molar-refractivity contribution < 1.29 is 0 Å². The van der Waals surface area contributed by atoms with Gasteiger partial charge in [0.15, 0.2) is 0 Å². The van der Waals surface area contributed by atoms with Crippen molar-refractivity contribution in [2.24, 2.45) is 0 Å². The Balaban J connectivity index is 1.55. The maximum absolute atomic E-state index is 3.42. The van der Waals surface area contributed by atoms with Crippen LogP contribution < -0.4 is 10.2 Å². The van der Waals surface area contributed by atoms with E-state index in [2.05, 4.69) is 51.3 Å². The molecule has 2 saturated heterocycles. The Morgan fingerprint density at radius 2 is 1.76 bits per heavy atom. The molecule has 2 aliphatic rings. The number of likely N-dealkylation sites (N-methyl/N-ethyl adjacent to an activating group) is 1. The lowest BCUT2D eigenvalue weighted by Crippen LogP contribution is -2.44. The van der Waals surface area contributed by atoms with Gasteiger partial charge in [-0.3, -0.25) is 0 Å². The second kappa shape index (κ2) is 7.25. The molecular formula is C17H28N4. The van der Waals surface area contributed by atoms with E-state index < -0.39 is 0 Å². The van der Waals surface area contributed by atoms with E-state index in [0.29, 0.717) is 0 Å². The summed E-state index contributed by atoms with van der Waals surface area (Å²) in [7, 11) is 2.21. The minimum Gasteiger partial charge on any atom is -0.369 e. The first-order chi connectivity index (χ1) is 10.3. The number of nitrogens with one attached hydrogen (secondary N) is 1. The van der Waals surface area contributed by atoms with Gasteiger partial charge < -0.3 is 20.0 Å². The molecule has 2 heterocycles. The van der Waals surface area contributed by atoms with Crippen molar-refractivity contribution in [3.63, 3.8) is 0 Å². The standard InChI is InChI=1S/C17H28N4/c1-19-11-13-21(14-12-19)17-4-2-3-16(15-17)5-8-20-9-6-18-7-10-20/h2-4,15,18H,5-14H2,1H3. The van der Waals surface area contributed by atoms with Gasteiger partial charge in [0.2, 0.25) is 0 Å². The van der Waals surface area contributed by atoms with Crippen LogP contribution in [0.5, 0.6) is 0 Å². The van der Waals surface area contributed by atoms with Crippen LogP contribution in [0.3, 0.4) is 0 Å². The summed E-state index contributed by atoms with van der Waals surface area (Å²) in [4.78, 5) is 7.50. The Morgan fingerprint density at radius 1 is 1.00 bits per heavy atom. The zero-order chi connectivity index (χ0) is 14.5. The molecule has 1 aromatic rings. The first kappa shape index (κ1) is 14.8. The Bertz CT molecular complexity index is 434. The molecule has 0 bridgehead atoms. The first-order valence-corrected chi connectivity index (χ1v) is 8.27. The van der Waals surface area contributed by atoms with Crippen LogP contribution in [0, 0.1) is 0 Å². The topological polar surface area (TPSA) is 21.8 Å². The molecule has 0 aliphatic carbocycles. The van der Waals surface area contributed by atoms with E-state index >= 15 is 0 Å². The van der Waals surface area contributed by atoms with Crippen LogP contribution in [0.25, 0.3) is 0 Å². The summed E-state index contributed by atoms with van der Waals surface area (Å²) in [5, 5.41) is 3.42. The molecule has 0 saturated carbocycles. The molecule has 4 heteroatoms. The third-order valence-electron chi connectivity index (χ3n) is 4.71. The molecule has 116 valence electrons. The maximum Gasteiger partial charge on any atom is 0.0369 e. The van der Waals surface area contributed by atoms with E-state index in [1.807, 2.05) is 0 Å². The summed E-state index contributed by atoms with van der Waals surface area (Å²) in [6.45, 7) is 10.5. The van der Waals surface area contributed by atoms with Gasteiger partial charge in [0.05, 0.1) is 0 Å². The van der Waals surface area contributed by atoms with Gasteiger partial charge in [0, 0.05) is 64.6 Å². The predicted molar refractivity (Wildman–Crippen MR) is 89.2 cm³/mol. The van der Waals surface area contributed by atoms with Gasteiger partial charge in [-0.25, -0.2) is 0 Å². The summed E-state index contributed by atoms with van der Waals surface area (Å²) in [6, 6.07) is 9.16. The molecular weight excluding hydrogens is 260 g/mol. The van der Waals surface area contributed by atoms with Crippen molar-refractivity contribution in [3.05, 3.63) is 29.8 Å². The minimum absolute atomic E-state index is 1.14. The van der Waals surface area contributed by atoms with Crippen molar-refractivity contribution in [3.8, 4) is 0 Å². The van der Waals surface area contributed by atoms with Gasteiger partial charge in [-0.1, -0.05) is 12.1 Å². The average Bonchev–Trinajstić information content (AvgIpc) is 2.55. The number of piperazine rings is 2. The Kier molecular flexibility index (Phi) is 5.12. The highest BCUT2D eigenvalue weighted by Gasteiger charge is 2.14. The molecule has 0 radical (unpaired) electrons. The summed E-state index contributed by atoms with van der Waals surface area (Å²) >= 11 is 0. The zero-order valence-electron chi connectivity index (χ0n) is 13.2. The Labute approximate surface area is 128 Å². The van der Waals surface area contributed by atoms with E-state index in [1.165, 1.54) is 50.4 Å². The second-order valence-corrected chi connectivity index (χ2v) is 6.30. The lowest BCUT2D eigenvalue weighted by atomic mass is 10.1. The molecule has 1 aromatic carbocycles. The number of benzene rings is 1. The maximum atomic E-state index is 3.42. The van der Waals surface area contributed by atoms with E-state index in [9.17, 15) is 0 Å². The van der Waals surface area contributed by atoms with Gasteiger partial charge in [0.1, 0.15) is 0 Å². The first-order valence-electron chi connectivity index (χ1n) is 8.27. The summed E-state index contributed by atoms with van der Waals surface area (Å²) < 4.78 is 0. The van der Waals surface area contributed by atoms with Gasteiger partial charge >= 0.3 is 0 Å². The normalized spacial score (nSPS) is 21.7. The minimum atomic E-state index is 1.14. The van der Waals surface area contributed by atoms with Gasteiger partial charge in [-0.05, 0) is 31.2 Å². The van der Waals surface area contributed by atoms with Crippen LogP contribution in [0.4, 0.5) is 5.69 Å². The van der Waals surface area contributed by atoms with Crippen molar-refractivity contribution >= 4 is 5.69 Å². The highest BCUT2D eigenvalue weighted by Crippen LogP contribution is 2.18. The van der Waals surface area contributed by atoms with E-state index in [-0.39, 0.29) is 0 Å². The van der Waals surface area contributed by atoms with Gasteiger partial charge in [-0.2, -0.15) is 0 Å². The van der Waals surface area contributed by atoms with E-state index in [0.717, 1.165) is 26.2 Å². The van der Waals surface area contributed by atoms with Crippen LogP contribution in [0.15, 0.2) is 24.3 Å². The van der Waals surface area contributed by atoms with E-state index in [1.54, 1.807) is 0 Å². The van der Waals surface area contributed by atoms with Crippen molar-refractivity contribution in [1.29, 1.82) is 0 Å². The highest BCUT2D eigenvalue weighted by atomic mass is 15.2. The second-order valence-electron chi connectivity index (χ2n) is 6.30. The van der Waals surface area contributed by atoms with Gasteiger partial charge in [-0.15, -0.1) is 0 Å². The number of hydrogen-bond donors (Lipinski definition) is 1. The van der Waals surface area contributed by atoms with Crippen LogP contribution >= 0.6 is 0 Å². The van der Waals surface area contributed by atoms with Crippen LogP contribution in [-0.2, 0) is 6.42 Å². The third kappa shape index (κ3) is 4.19. The Morgan fingerprint density at radius 3 is 2.52 bits per heavy atom. The molecule has 0 amide bonds. The SMILES string of the molecule is CN1CCN(c2cccc(CCN3CCNCC3)c2)CC1. The molecule has 0 unspecified atom stereocenters. The number of hydrogen-bond acceptors (Lipinski definition) is 4. The monoisotopic (exact) mass is 288 g/mol. The molecule has 3 rings (SSSR count). The predicted octanol–water partition coefficient (Wildman–Crippen LogP) is 0.886. The zero-order valence-corrected chi connectivity index (χ0v) is 13.2. The van der Waals surface area contributed by atoms with E-state index in [4.69, 9.17) is 0 Å². The van der Waals surface area contributed by atoms with Crippen molar-refractivity contribution in [2.75, 3.05) is 70.9 Å². The highest BCUT2D eigenvalue weighted by molar-refractivity contribution is 5.49. The van der Waals surface area contributed by atoms with Crippen LogP contribution in [0.1, 0.15) is 5.56 Å². The molecule has 2 fully saturated rings. The molecule has 21 heavy (non-hydrogen) atoms. The molecule has 1 N–H and O–H groups in total. The fraction of sp³-hybridized carbons (Fsp3) is 0.647. The van der Waals surface area contributed by atoms with Crippen molar-refractivity contribution in [1.82, 2.24) is 15.1 Å². The van der Waals surface area contributed by atoms with Gasteiger partial charge in [0.25, 0.3) is 0 Å². The molecule has 0 spiro atoms. The molecule has 2 aliphatic heterocycles. The number of anilines is 1. The smallest absolute Gasteiger partial charge is 0.0369 e. The average molecular weight is 288 g/mol. The fourth-order valence-electron chi connectivity index (χ4n) is 3.20. The summed E-state index contributed by atoms with van der Waals surface area (Å²) in [6.07, 6.45) is 1.17. The molecule has 0 atom stereocenters. The lowest BCUT2D eigenvalue weighted by molar-refractivity contribution is 0.244. The van der Waals surface area contributed by atoms with Crippen molar-refractivity contribution in [2.45, 2.75) is 6.42 Å². The quantitative estimate of drug-likeness (QED) is 0.888. The number of rotatable bonds is 4.